The van der Waals surface area contributed by atoms with Crippen LogP contribution in [0.4, 0.5) is 5.69 Å². The molecule has 0 aliphatic carbocycles. The number of nitrogens with zero attached hydrogens (tertiary/aromatic N) is 1. The fraction of sp³-hybridized carbons (Fsp3) is 0.294. The van der Waals surface area contributed by atoms with Gasteiger partial charge in [0, 0.05) is 13.1 Å². The molecule has 1 aliphatic rings. The molecule has 1 heterocycles. The summed E-state index contributed by atoms with van der Waals surface area (Å²) in [6.45, 7) is 4.20. The smallest absolute Gasteiger partial charge is 0.240 e. The minimum absolute atomic E-state index is 0.305. The van der Waals surface area contributed by atoms with Gasteiger partial charge in [0.1, 0.15) is 12.4 Å². The average molecular weight is 332 g/mol. The zero-order valence-electron chi connectivity index (χ0n) is 13.0. The summed E-state index contributed by atoms with van der Waals surface area (Å²) in [5, 5.41) is 0. The third kappa shape index (κ3) is 3.65. The molecule has 2 aromatic rings. The Morgan fingerprint density at radius 2 is 2.00 bits per heavy atom. The summed E-state index contributed by atoms with van der Waals surface area (Å²) < 4.78 is 32.9. The maximum absolute atomic E-state index is 12.3. The van der Waals surface area contributed by atoms with Gasteiger partial charge in [-0.05, 0) is 36.8 Å². The lowest BCUT2D eigenvalue weighted by Crippen LogP contribution is -2.39. The van der Waals surface area contributed by atoms with Crippen molar-refractivity contribution in [3.63, 3.8) is 0 Å². The number of benzene rings is 2. The van der Waals surface area contributed by atoms with Gasteiger partial charge in [-0.1, -0.05) is 24.3 Å². The molecule has 1 N–H and O–H groups in total. The molecular weight excluding hydrogens is 312 g/mol. The second-order valence-corrected chi connectivity index (χ2v) is 7.28. The highest BCUT2D eigenvalue weighted by Crippen LogP contribution is 2.30. The fourth-order valence-corrected chi connectivity index (χ4v) is 3.77. The number of fused-ring (bicyclic) bond motifs is 1. The predicted octanol–water partition coefficient (Wildman–Crippen LogP) is 2.17. The van der Waals surface area contributed by atoms with Crippen molar-refractivity contribution in [3.8, 4) is 5.75 Å². The summed E-state index contributed by atoms with van der Waals surface area (Å²) in [6.07, 6.45) is 0. The van der Waals surface area contributed by atoms with Crippen LogP contribution < -0.4 is 14.4 Å². The molecule has 0 fully saturated rings. The Kier molecular flexibility index (Phi) is 4.54. The van der Waals surface area contributed by atoms with Gasteiger partial charge in [0.05, 0.1) is 17.1 Å². The molecule has 0 saturated heterocycles. The Balaban J connectivity index is 1.64. The van der Waals surface area contributed by atoms with Crippen molar-refractivity contribution in [3.05, 3.63) is 54.1 Å². The maximum Gasteiger partial charge on any atom is 0.240 e. The minimum atomic E-state index is -3.47. The second-order valence-electron chi connectivity index (χ2n) is 5.52. The van der Waals surface area contributed by atoms with Crippen LogP contribution in [0.25, 0.3) is 0 Å². The van der Waals surface area contributed by atoms with E-state index >= 15 is 0 Å². The van der Waals surface area contributed by atoms with Crippen LogP contribution in [0.5, 0.6) is 5.75 Å². The maximum atomic E-state index is 12.3. The van der Waals surface area contributed by atoms with Crippen LogP contribution in [-0.4, -0.2) is 34.7 Å². The summed E-state index contributed by atoms with van der Waals surface area (Å²) >= 11 is 0. The monoisotopic (exact) mass is 332 g/mol. The number of ether oxygens (including phenoxy) is 1. The Bertz CT molecular complexity index is 790. The zero-order valence-corrected chi connectivity index (χ0v) is 13.8. The highest BCUT2D eigenvalue weighted by molar-refractivity contribution is 7.89. The molecule has 0 unspecified atom stereocenters. The summed E-state index contributed by atoms with van der Waals surface area (Å²) in [5.74, 6) is 0.847. The van der Waals surface area contributed by atoms with Crippen LogP contribution in [0.3, 0.4) is 0 Å². The van der Waals surface area contributed by atoms with Gasteiger partial charge >= 0.3 is 0 Å². The van der Waals surface area contributed by atoms with Crippen molar-refractivity contribution in [2.75, 3.05) is 31.1 Å². The van der Waals surface area contributed by atoms with Gasteiger partial charge in [0.15, 0.2) is 0 Å². The van der Waals surface area contributed by atoms with Crippen molar-refractivity contribution in [1.82, 2.24) is 4.72 Å². The van der Waals surface area contributed by atoms with E-state index < -0.39 is 10.0 Å². The molecule has 1 aliphatic heterocycles. The molecule has 3 rings (SSSR count). The molecule has 0 aromatic heterocycles. The highest BCUT2D eigenvalue weighted by atomic mass is 32.2. The van der Waals surface area contributed by atoms with Gasteiger partial charge in [-0.3, -0.25) is 0 Å². The van der Waals surface area contributed by atoms with Gasteiger partial charge in [-0.25, -0.2) is 13.1 Å². The van der Waals surface area contributed by atoms with Gasteiger partial charge in [-0.15, -0.1) is 0 Å². The number of hydrogen-bond acceptors (Lipinski definition) is 4. The van der Waals surface area contributed by atoms with E-state index in [9.17, 15) is 8.42 Å². The van der Waals surface area contributed by atoms with Gasteiger partial charge in [0.2, 0.25) is 10.0 Å². The van der Waals surface area contributed by atoms with E-state index in [0.717, 1.165) is 23.5 Å². The molecule has 2 aromatic carbocycles. The van der Waals surface area contributed by atoms with Crippen LogP contribution >= 0.6 is 0 Å². The van der Waals surface area contributed by atoms with Crippen LogP contribution in [0.15, 0.2) is 53.4 Å². The normalized spacial score (nSPS) is 14.2. The lowest BCUT2D eigenvalue weighted by Gasteiger charge is -2.31. The molecule has 6 heteroatoms. The number of para-hydroxylation sites is 2. The highest BCUT2D eigenvalue weighted by Gasteiger charge is 2.18. The summed E-state index contributed by atoms with van der Waals surface area (Å²) in [5.41, 5.74) is 1.93. The Hall–Kier alpha value is -2.05. The number of hydrogen-bond donors (Lipinski definition) is 1. The topological polar surface area (TPSA) is 58.6 Å². The lowest BCUT2D eigenvalue weighted by atomic mass is 10.2. The number of rotatable bonds is 5. The van der Waals surface area contributed by atoms with E-state index in [1.807, 2.05) is 37.3 Å². The van der Waals surface area contributed by atoms with E-state index in [-0.39, 0.29) is 0 Å². The number of anilines is 1. The Morgan fingerprint density at radius 3 is 2.83 bits per heavy atom. The van der Waals surface area contributed by atoms with Crippen LogP contribution in [-0.2, 0) is 10.0 Å². The second kappa shape index (κ2) is 6.60. The first-order valence-electron chi connectivity index (χ1n) is 7.59. The first-order valence-corrected chi connectivity index (χ1v) is 9.08. The fourth-order valence-electron chi connectivity index (χ4n) is 2.64. The van der Waals surface area contributed by atoms with E-state index in [0.29, 0.717) is 24.6 Å². The summed E-state index contributed by atoms with van der Waals surface area (Å²) in [4.78, 5) is 2.44. The van der Waals surface area contributed by atoms with Gasteiger partial charge < -0.3 is 9.64 Å². The van der Waals surface area contributed by atoms with Gasteiger partial charge in [0.25, 0.3) is 0 Å². The van der Waals surface area contributed by atoms with Crippen LogP contribution in [0.2, 0.25) is 0 Å². The molecule has 122 valence electrons. The number of sulfonamides is 1. The summed E-state index contributed by atoms with van der Waals surface area (Å²) in [7, 11) is -3.47. The third-order valence-corrected chi connectivity index (χ3v) is 5.26. The molecule has 0 atom stereocenters. The van der Waals surface area contributed by atoms with Crippen molar-refractivity contribution in [2.45, 2.75) is 11.8 Å². The molecule has 23 heavy (non-hydrogen) atoms. The lowest BCUT2D eigenvalue weighted by molar-refractivity contribution is 0.308. The largest absolute Gasteiger partial charge is 0.490 e. The average Bonchev–Trinajstić information content (AvgIpc) is 2.55. The Morgan fingerprint density at radius 1 is 1.17 bits per heavy atom. The van der Waals surface area contributed by atoms with Gasteiger partial charge in [-0.2, -0.15) is 0 Å². The minimum Gasteiger partial charge on any atom is -0.490 e. The third-order valence-electron chi connectivity index (χ3n) is 3.80. The van der Waals surface area contributed by atoms with Crippen molar-refractivity contribution in [2.24, 2.45) is 0 Å². The van der Waals surface area contributed by atoms with E-state index in [1.165, 1.54) is 0 Å². The molecule has 0 radical (unpaired) electrons. The molecule has 0 saturated carbocycles. The standard InChI is InChI=1S/C17H20N2O3S/c1-14-5-4-6-15(13-14)23(20,21)18-9-10-19-11-12-22-17-8-3-2-7-16(17)19/h2-8,13,18H,9-12H2,1H3. The van der Waals surface area contributed by atoms with E-state index in [2.05, 4.69) is 9.62 Å². The zero-order chi connectivity index (χ0) is 16.3. The summed E-state index contributed by atoms with van der Waals surface area (Å²) in [6, 6.07) is 14.7. The molecule has 5 nitrogen and oxygen atoms in total. The molecular formula is C17H20N2O3S. The number of nitrogens with one attached hydrogen (secondary N) is 1. The van der Waals surface area contributed by atoms with Crippen molar-refractivity contribution >= 4 is 15.7 Å². The van der Waals surface area contributed by atoms with E-state index in [1.54, 1.807) is 18.2 Å². The first-order chi connectivity index (χ1) is 11.1. The SMILES string of the molecule is Cc1cccc(S(=O)(=O)NCCN2CCOc3ccccc32)c1. The quantitative estimate of drug-likeness (QED) is 0.912. The van der Waals surface area contributed by atoms with Crippen molar-refractivity contribution < 1.29 is 13.2 Å². The Labute approximate surface area is 136 Å². The van der Waals surface area contributed by atoms with Crippen molar-refractivity contribution in [1.29, 1.82) is 0 Å². The molecule has 0 amide bonds. The van der Waals surface area contributed by atoms with E-state index in [4.69, 9.17) is 4.74 Å². The van der Waals surface area contributed by atoms with Crippen LogP contribution in [0, 0.1) is 6.92 Å². The first kappa shape index (κ1) is 15.8. The van der Waals surface area contributed by atoms with Crippen LogP contribution in [0.1, 0.15) is 5.56 Å². The number of aryl methyl sites for hydroxylation is 1. The predicted molar refractivity (Wildman–Crippen MR) is 90.5 cm³/mol. The molecule has 0 bridgehead atoms. The molecule has 0 spiro atoms.